The van der Waals surface area contributed by atoms with Gasteiger partial charge in [-0.1, -0.05) is 0 Å². The number of halogens is 1. The van der Waals surface area contributed by atoms with Crippen LogP contribution < -0.4 is 15.2 Å². The van der Waals surface area contributed by atoms with Crippen molar-refractivity contribution in [3.63, 3.8) is 0 Å². The van der Waals surface area contributed by atoms with Gasteiger partial charge in [0.05, 0.1) is 11.6 Å². The summed E-state index contributed by atoms with van der Waals surface area (Å²) in [6, 6.07) is 10.3. The molecule has 0 bridgehead atoms. The van der Waals surface area contributed by atoms with Crippen LogP contribution in [-0.2, 0) is 0 Å². The van der Waals surface area contributed by atoms with Crippen molar-refractivity contribution in [2.24, 2.45) is 0 Å². The van der Waals surface area contributed by atoms with Crippen LogP contribution in [0.3, 0.4) is 0 Å². The molecule has 0 spiro atoms. The number of aldehydes is 1. The number of carbonyl (C=O) groups is 1. The van der Waals surface area contributed by atoms with Crippen LogP contribution in [0.15, 0.2) is 40.9 Å². The number of methoxy groups -OCH3 is 1. The topological polar surface area (TPSA) is 61.5 Å². The number of ether oxygens (including phenoxy) is 2. The molecule has 5 heteroatoms. The molecule has 2 N–H and O–H groups in total. The molecule has 19 heavy (non-hydrogen) atoms. The lowest BCUT2D eigenvalue weighted by molar-refractivity contribution is 0.112. The second-order valence-corrected chi connectivity index (χ2v) is 4.58. The van der Waals surface area contributed by atoms with Crippen LogP contribution >= 0.6 is 15.9 Å². The van der Waals surface area contributed by atoms with Gasteiger partial charge in [-0.15, -0.1) is 0 Å². The van der Waals surface area contributed by atoms with Crippen molar-refractivity contribution in [3.05, 3.63) is 46.4 Å². The van der Waals surface area contributed by atoms with Crippen molar-refractivity contribution in [1.29, 1.82) is 0 Å². The van der Waals surface area contributed by atoms with E-state index in [4.69, 9.17) is 15.2 Å². The average molecular weight is 322 g/mol. The van der Waals surface area contributed by atoms with E-state index in [0.29, 0.717) is 33.0 Å². The van der Waals surface area contributed by atoms with E-state index in [9.17, 15) is 4.79 Å². The molecule has 0 radical (unpaired) electrons. The van der Waals surface area contributed by atoms with Crippen LogP contribution in [0.25, 0.3) is 0 Å². The number of nitrogens with two attached hydrogens (primary N) is 1. The molecule has 0 saturated carbocycles. The fraction of sp³-hybridized carbons (Fsp3) is 0.0714. The minimum atomic E-state index is 0.455. The standard InChI is InChI=1S/C14H12BrNO3/c1-18-12-7-2-9(8-17)13(15)14(12)19-11-5-3-10(16)4-6-11/h2-8H,16H2,1H3. The van der Waals surface area contributed by atoms with E-state index in [1.165, 1.54) is 7.11 Å². The highest BCUT2D eigenvalue weighted by molar-refractivity contribution is 9.10. The molecule has 0 aromatic heterocycles. The van der Waals surface area contributed by atoms with E-state index >= 15 is 0 Å². The predicted molar refractivity (Wildman–Crippen MR) is 77.0 cm³/mol. The summed E-state index contributed by atoms with van der Waals surface area (Å²) in [7, 11) is 1.54. The molecule has 2 aromatic rings. The summed E-state index contributed by atoms with van der Waals surface area (Å²) in [6.45, 7) is 0. The van der Waals surface area contributed by atoms with E-state index < -0.39 is 0 Å². The van der Waals surface area contributed by atoms with Crippen LogP contribution in [0.1, 0.15) is 10.4 Å². The third kappa shape index (κ3) is 2.88. The van der Waals surface area contributed by atoms with Crippen molar-refractivity contribution in [1.82, 2.24) is 0 Å². The first-order valence-corrected chi connectivity index (χ1v) is 6.30. The Morgan fingerprint density at radius 1 is 1.16 bits per heavy atom. The Balaban J connectivity index is 2.42. The molecule has 0 aliphatic rings. The van der Waals surface area contributed by atoms with Gasteiger partial charge in [-0.05, 0) is 52.3 Å². The van der Waals surface area contributed by atoms with Gasteiger partial charge in [0.15, 0.2) is 17.8 Å². The van der Waals surface area contributed by atoms with Gasteiger partial charge in [0.2, 0.25) is 0 Å². The molecule has 2 aromatic carbocycles. The van der Waals surface area contributed by atoms with E-state index in [-0.39, 0.29) is 0 Å². The molecule has 0 amide bonds. The summed E-state index contributed by atoms with van der Waals surface area (Å²) >= 11 is 3.34. The molecule has 4 nitrogen and oxygen atoms in total. The van der Waals surface area contributed by atoms with Crippen LogP contribution in [0.5, 0.6) is 17.2 Å². The van der Waals surface area contributed by atoms with Gasteiger partial charge in [0.1, 0.15) is 5.75 Å². The molecule has 98 valence electrons. The Morgan fingerprint density at radius 3 is 2.42 bits per heavy atom. The van der Waals surface area contributed by atoms with Crippen LogP contribution in [0, 0.1) is 0 Å². The third-order valence-corrected chi connectivity index (χ3v) is 3.36. The van der Waals surface area contributed by atoms with Crippen molar-refractivity contribution in [2.75, 3.05) is 12.8 Å². The summed E-state index contributed by atoms with van der Waals surface area (Å²) in [5.74, 6) is 1.60. The monoisotopic (exact) mass is 321 g/mol. The summed E-state index contributed by atoms with van der Waals surface area (Å²) in [5.41, 5.74) is 6.76. The number of hydrogen-bond donors (Lipinski definition) is 1. The lowest BCUT2D eigenvalue weighted by Gasteiger charge is -2.13. The molecule has 0 aliphatic heterocycles. The van der Waals surface area contributed by atoms with Crippen molar-refractivity contribution in [3.8, 4) is 17.2 Å². The molecule has 0 heterocycles. The zero-order chi connectivity index (χ0) is 13.8. The zero-order valence-corrected chi connectivity index (χ0v) is 11.8. The number of hydrogen-bond acceptors (Lipinski definition) is 4. The lowest BCUT2D eigenvalue weighted by atomic mass is 10.2. The fourth-order valence-electron chi connectivity index (χ4n) is 1.55. The van der Waals surface area contributed by atoms with Gasteiger partial charge in [0.25, 0.3) is 0 Å². The Morgan fingerprint density at radius 2 is 1.84 bits per heavy atom. The number of benzene rings is 2. The molecule has 0 fully saturated rings. The first kappa shape index (κ1) is 13.4. The quantitative estimate of drug-likeness (QED) is 0.689. The Kier molecular flexibility index (Phi) is 4.06. The van der Waals surface area contributed by atoms with Crippen LogP contribution in [0.2, 0.25) is 0 Å². The van der Waals surface area contributed by atoms with Gasteiger partial charge in [-0.3, -0.25) is 4.79 Å². The Hall–Kier alpha value is -2.01. The molecular weight excluding hydrogens is 310 g/mol. The molecule has 0 unspecified atom stereocenters. The lowest BCUT2D eigenvalue weighted by Crippen LogP contribution is -1.94. The highest BCUT2D eigenvalue weighted by atomic mass is 79.9. The van der Waals surface area contributed by atoms with E-state index in [1.54, 1.807) is 36.4 Å². The maximum Gasteiger partial charge on any atom is 0.184 e. The van der Waals surface area contributed by atoms with Gasteiger partial charge in [0, 0.05) is 11.3 Å². The number of carbonyl (C=O) groups excluding carboxylic acids is 1. The normalized spacial score (nSPS) is 10.0. The summed E-state index contributed by atoms with van der Waals surface area (Å²) in [6.07, 6.45) is 0.749. The van der Waals surface area contributed by atoms with Crippen molar-refractivity contribution in [2.45, 2.75) is 0 Å². The SMILES string of the molecule is COc1ccc(C=O)c(Br)c1Oc1ccc(N)cc1. The van der Waals surface area contributed by atoms with Crippen molar-refractivity contribution >= 4 is 27.9 Å². The van der Waals surface area contributed by atoms with Gasteiger partial charge < -0.3 is 15.2 Å². The van der Waals surface area contributed by atoms with Gasteiger partial charge >= 0.3 is 0 Å². The molecule has 0 aliphatic carbocycles. The Bertz CT molecular complexity index is 596. The highest BCUT2D eigenvalue weighted by Gasteiger charge is 2.14. The maximum atomic E-state index is 10.9. The van der Waals surface area contributed by atoms with E-state index in [2.05, 4.69) is 15.9 Å². The van der Waals surface area contributed by atoms with Gasteiger partial charge in [-0.2, -0.15) is 0 Å². The molecule has 0 saturated heterocycles. The summed E-state index contributed by atoms with van der Waals surface area (Å²) in [4.78, 5) is 10.9. The average Bonchev–Trinajstić information content (AvgIpc) is 2.43. The smallest absolute Gasteiger partial charge is 0.184 e. The first-order valence-electron chi connectivity index (χ1n) is 5.50. The second kappa shape index (κ2) is 5.75. The number of nitrogen functional groups attached to an aromatic ring is 1. The first-order chi connectivity index (χ1) is 9.15. The van der Waals surface area contributed by atoms with Crippen LogP contribution in [-0.4, -0.2) is 13.4 Å². The van der Waals surface area contributed by atoms with Crippen LogP contribution in [0.4, 0.5) is 5.69 Å². The van der Waals surface area contributed by atoms with Crippen molar-refractivity contribution < 1.29 is 14.3 Å². The van der Waals surface area contributed by atoms with E-state index in [0.717, 1.165) is 6.29 Å². The molecule has 2 rings (SSSR count). The maximum absolute atomic E-state index is 10.9. The summed E-state index contributed by atoms with van der Waals surface area (Å²) in [5, 5.41) is 0. The summed E-state index contributed by atoms with van der Waals surface area (Å²) < 4.78 is 11.5. The largest absolute Gasteiger partial charge is 0.493 e. The number of anilines is 1. The number of rotatable bonds is 4. The highest BCUT2D eigenvalue weighted by Crippen LogP contribution is 2.40. The second-order valence-electron chi connectivity index (χ2n) is 3.79. The fourth-order valence-corrected chi connectivity index (χ4v) is 2.06. The molecule has 0 atom stereocenters. The van der Waals surface area contributed by atoms with E-state index in [1.807, 2.05) is 0 Å². The minimum absolute atomic E-state index is 0.455. The predicted octanol–water partition coefficient (Wildman–Crippen LogP) is 3.64. The molecular formula is C14H12BrNO3. The Labute approximate surface area is 119 Å². The van der Waals surface area contributed by atoms with Gasteiger partial charge in [-0.25, -0.2) is 0 Å². The third-order valence-electron chi connectivity index (χ3n) is 2.54. The zero-order valence-electron chi connectivity index (χ0n) is 10.2. The minimum Gasteiger partial charge on any atom is -0.493 e.